The van der Waals surface area contributed by atoms with Crippen LogP contribution in [0.1, 0.15) is 37.5 Å². The first-order valence-corrected chi connectivity index (χ1v) is 13.4. The van der Waals surface area contributed by atoms with Crippen LogP contribution in [0.25, 0.3) is 21.2 Å². The van der Waals surface area contributed by atoms with Gasteiger partial charge in [0.25, 0.3) is 5.56 Å². The molecule has 1 saturated heterocycles. The van der Waals surface area contributed by atoms with Gasteiger partial charge < -0.3 is 18.8 Å². The van der Waals surface area contributed by atoms with Gasteiger partial charge in [0.05, 0.1) is 26.2 Å². The maximum atomic E-state index is 13.0. The molecule has 188 valence electrons. The van der Waals surface area contributed by atoms with Gasteiger partial charge in [0, 0.05) is 53.5 Å². The third-order valence-corrected chi connectivity index (χ3v) is 8.49. The van der Waals surface area contributed by atoms with Gasteiger partial charge in [-0.2, -0.15) is 0 Å². The molecule has 7 heteroatoms. The topological polar surface area (TPSA) is 52.9 Å². The fourth-order valence-electron chi connectivity index (χ4n) is 5.25. The van der Waals surface area contributed by atoms with Crippen LogP contribution in [-0.4, -0.2) is 50.0 Å². The summed E-state index contributed by atoms with van der Waals surface area (Å²) in [6, 6.07) is 8.02. The van der Waals surface area contributed by atoms with Crippen LogP contribution < -0.4 is 15.0 Å². The average molecular weight is 497 g/mol. The number of aryl methyl sites for hydroxylation is 1. The molecule has 5 rings (SSSR count). The molecule has 6 nitrogen and oxygen atoms in total. The monoisotopic (exact) mass is 496 g/mol. The summed E-state index contributed by atoms with van der Waals surface area (Å²) in [4.78, 5) is 16.8. The van der Waals surface area contributed by atoms with E-state index in [0.717, 1.165) is 60.0 Å². The van der Waals surface area contributed by atoms with Crippen molar-refractivity contribution in [1.82, 2.24) is 9.47 Å². The molecule has 0 N–H and O–H groups in total. The molecule has 2 fully saturated rings. The lowest BCUT2D eigenvalue weighted by Crippen LogP contribution is -2.43. The van der Waals surface area contributed by atoms with Crippen LogP contribution in [0.4, 0.5) is 0 Å². The number of benzene rings is 1. The molecule has 1 aromatic carbocycles. The second-order valence-corrected chi connectivity index (χ2v) is 11.7. The van der Waals surface area contributed by atoms with Crippen molar-refractivity contribution < 1.29 is 14.2 Å². The van der Waals surface area contributed by atoms with Gasteiger partial charge in [-0.3, -0.25) is 9.69 Å². The first-order chi connectivity index (χ1) is 16.9. The maximum Gasteiger partial charge on any atom is 0.259 e. The first-order valence-electron chi connectivity index (χ1n) is 12.5. The number of hydrogen-bond acceptors (Lipinski definition) is 6. The number of hydrogen-bond donors (Lipinski definition) is 0. The van der Waals surface area contributed by atoms with Crippen LogP contribution >= 0.6 is 11.3 Å². The molecule has 1 aliphatic carbocycles. The van der Waals surface area contributed by atoms with Crippen molar-refractivity contribution >= 4 is 21.4 Å². The van der Waals surface area contributed by atoms with E-state index in [9.17, 15) is 4.79 Å². The van der Waals surface area contributed by atoms with Gasteiger partial charge in [-0.25, -0.2) is 0 Å². The molecule has 35 heavy (non-hydrogen) atoms. The van der Waals surface area contributed by atoms with Crippen LogP contribution in [0.15, 0.2) is 35.3 Å². The lowest BCUT2D eigenvalue weighted by molar-refractivity contribution is -0.00192. The molecule has 3 heterocycles. The van der Waals surface area contributed by atoms with Crippen LogP contribution in [0.5, 0.6) is 11.5 Å². The van der Waals surface area contributed by atoms with E-state index < -0.39 is 0 Å². The Balaban J connectivity index is 1.40. The van der Waals surface area contributed by atoms with E-state index in [4.69, 9.17) is 14.2 Å². The molecule has 2 aliphatic rings. The molecule has 1 unspecified atom stereocenters. The van der Waals surface area contributed by atoms with Crippen molar-refractivity contribution in [2.45, 2.75) is 39.2 Å². The predicted molar refractivity (Wildman–Crippen MR) is 142 cm³/mol. The molecule has 0 bridgehead atoms. The van der Waals surface area contributed by atoms with E-state index in [1.165, 1.54) is 30.6 Å². The fraction of sp³-hybridized carbons (Fsp3) is 0.536. The molecule has 0 radical (unpaired) electrons. The Bertz CT molecular complexity index is 1260. The summed E-state index contributed by atoms with van der Waals surface area (Å²) in [5.74, 6) is 2.18. The third-order valence-electron chi connectivity index (χ3n) is 7.34. The molecule has 3 aromatic rings. The van der Waals surface area contributed by atoms with Gasteiger partial charge in [-0.15, -0.1) is 11.3 Å². The zero-order valence-electron chi connectivity index (χ0n) is 21.3. The Hall–Kier alpha value is -2.35. The highest BCUT2D eigenvalue weighted by Crippen LogP contribution is 2.39. The number of piperidine rings is 1. The Kier molecular flexibility index (Phi) is 6.93. The quantitative estimate of drug-likeness (QED) is 0.402. The van der Waals surface area contributed by atoms with E-state index >= 15 is 0 Å². The minimum atomic E-state index is 0.0451. The van der Waals surface area contributed by atoms with Crippen molar-refractivity contribution in [2.24, 2.45) is 18.4 Å². The van der Waals surface area contributed by atoms with Gasteiger partial charge >= 0.3 is 0 Å². The number of pyridine rings is 1. The second-order valence-electron chi connectivity index (χ2n) is 10.6. The molecule has 0 spiro atoms. The molecule has 1 aliphatic heterocycles. The minimum absolute atomic E-state index is 0.0451. The van der Waals surface area contributed by atoms with E-state index in [-0.39, 0.29) is 11.0 Å². The van der Waals surface area contributed by atoms with Crippen molar-refractivity contribution in [3.8, 4) is 22.6 Å². The summed E-state index contributed by atoms with van der Waals surface area (Å²) in [6.45, 7) is 7.12. The molecule has 1 atom stereocenters. The van der Waals surface area contributed by atoms with Crippen molar-refractivity contribution in [3.63, 3.8) is 0 Å². The average Bonchev–Trinajstić information content (AvgIpc) is 3.58. The van der Waals surface area contributed by atoms with E-state index in [0.29, 0.717) is 11.5 Å². The van der Waals surface area contributed by atoms with Gasteiger partial charge in [-0.1, -0.05) is 13.0 Å². The Morgan fingerprint density at radius 1 is 1.14 bits per heavy atom. The van der Waals surface area contributed by atoms with Crippen molar-refractivity contribution in [3.05, 3.63) is 45.7 Å². The first kappa shape index (κ1) is 24.3. The van der Waals surface area contributed by atoms with Gasteiger partial charge in [-0.05, 0) is 61.9 Å². The number of aromatic nitrogens is 1. The predicted octanol–water partition coefficient (Wildman–Crippen LogP) is 5.31. The smallest absolute Gasteiger partial charge is 0.259 e. The number of thiophene rings is 1. The summed E-state index contributed by atoms with van der Waals surface area (Å²) in [7, 11) is 5.10. The van der Waals surface area contributed by atoms with Crippen LogP contribution in [0.2, 0.25) is 0 Å². The fourth-order valence-corrected chi connectivity index (χ4v) is 6.47. The molecule has 2 aromatic heterocycles. The summed E-state index contributed by atoms with van der Waals surface area (Å²) >= 11 is 1.73. The lowest BCUT2D eigenvalue weighted by atomic mass is 9.82. The van der Waals surface area contributed by atoms with Crippen molar-refractivity contribution in [2.75, 3.05) is 40.5 Å². The van der Waals surface area contributed by atoms with Crippen LogP contribution in [-0.2, 0) is 18.3 Å². The molecule has 1 saturated carbocycles. The zero-order chi connectivity index (χ0) is 24.6. The molecular weight excluding hydrogens is 460 g/mol. The number of likely N-dealkylation sites (tertiary alicyclic amines) is 1. The van der Waals surface area contributed by atoms with Gasteiger partial charge in [0.2, 0.25) is 0 Å². The zero-order valence-corrected chi connectivity index (χ0v) is 22.1. The number of ether oxygens (including phenoxy) is 3. The number of rotatable bonds is 9. The Morgan fingerprint density at radius 2 is 1.94 bits per heavy atom. The summed E-state index contributed by atoms with van der Waals surface area (Å²) in [5.41, 5.74) is 2.29. The normalized spacial score (nSPS) is 20.9. The molecular formula is C28H36N2O4S. The van der Waals surface area contributed by atoms with Crippen LogP contribution in [0, 0.1) is 11.3 Å². The third kappa shape index (κ3) is 5.27. The minimum Gasteiger partial charge on any atom is -0.493 e. The Morgan fingerprint density at radius 3 is 2.69 bits per heavy atom. The van der Waals surface area contributed by atoms with Gasteiger partial charge in [0.15, 0.2) is 11.5 Å². The van der Waals surface area contributed by atoms with E-state index in [2.05, 4.69) is 17.9 Å². The Labute approximate surface area is 211 Å². The van der Waals surface area contributed by atoms with E-state index in [1.807, 2.05) is 31.4 Å². The number of methoxy groups -OCH3 is 2. The maximum absolute atomic E-state index is 13.0. The second kappa shape index (κ2) is 9.96. The van der Waals surface area contributed by atoms with Gasteiger partial charge in [0.1, 0.15) is 0 Å². The summed E-state index contributed by atoms with van der Waals surface area (Å²) in [5, 5.41) is 0.785. The van der Waals surface area contributed by atoms with Crippen LogP contribution in [0.3, 0.4) is 0 Å². The largest absolute Gasteiger partial charge is 0.493 e. The van der Waals surface area contributed by atoms with E-state index in [1.54, 1.807) is 30.1 Å². The summed E-state index contributed by atoms with van der Waals surface area (Å²) in [6.07, 6.45) is 7.00. The SMILES string of the molecule is COc1ccc(-c2cn(C)c(=O)c3cc(CN4CCCC(C)(COCC5CC5)C4)sc23)cc1OC. The lowest BCUT2D eigenvalue weighted by Gasteiger charge is -2.40. The highest BCUT2D eigenvalue weighted by Gasteiger charge is 2.32. The molecule has 0 amide bonds. The highest BCUT2D eigenvalue weighted by atomic mass is 32.1. The highest BCUT2D eigenvalue weighted by molar-refractivity contribution is 7.19. The standard InChI is InChI=1S/C28H36N2O4S/c1-28(18-34-16-19-6-7-19)10-5-11-30(17-28)14-21-13-22-26(35-21)23(15-29(2)27(22)31)20-8-9-24(32-3)25(12-20)33-4/h8-9,12-13,15,19H,5-7,10-11,14,16-18H2,1-4H3. The number of nitrogens with zero attached hydrogens (tertiary/aromatic N) is 2. The summed E-state index contributed by atoms with van der Waals surface area (Å²) < 4.78 is 19.7. The van der Waals surface area contributed by atoms with Crippen molar-refractivity contribution in [1.29, 1.82) is 0 Å². The number of fused-ring (bicyclic) bond motifs is 1.